The van der Waals surface area contributed by atoms with E-state index in [2.05, 4.69) is 13.8 Å². The van der Waals surface area contributed by atoms with Crippen LogP contribution in [0.2, 0.25) is 0 Å². The molecule has 4 nitrogen and oxygen atoms in total. The van der Waals surface area contributed by atoms with Crippen LogP contribution in [0, 0.1) is 28.6 Å². The van der Waals surface area contributed by atoms with Crippen LogP contribution < -0.4 is 0 Å². The van der Waals surface area contributed by atoms with Gasteiger partial charge in [0, 0.05) is 30.3 Å². The number of carbonyl (C=O) groups is 3. The Hall–Kier alpha value is -1.29. The molecule has 0 aromatic carbocycles. The summed E-state index contributed by atoms with van der Waals surface area (Å²) in [4.78, 5) is 36.8. The number of hydrogen-bond acceptors (Lipinski definition) is 3. The highest BCUT2D eigenvalue weighted by atomic mass is 16.1. The van der Waals surface area contributed by atoms with Gasteiger partial charge >= 0.3 is 0 Å². The number of ketones is 3. The fourth-order valence-electron chi connectivity index (χ4n) is 6.16. The second-order valence-corrected chi connectivity index (χ2v) is 8.36. The summed E-state index contributed by atoms with van der Waals surface area (Å²) in [6, 6.07) is 0. The smallest absolute Gasteiger partial charge is 0.159 e. The highest BCUT2D eigenvalue weighted by molar-refractivity contribution is 6.06. The van der Waals surface area contributed by atoms with E-state index in [1.807, 2.05) is 0 Å². The molecule has 0 radical (unpaired) electrons. The molecule has 2 N–H and O–H groups in total. The van der Waals surface area contributed by atoms with Crippen LogP contribution in [-0.4, -0.2) is 22.8 Å². The third-order valence-corrected chi connectivity index (χ3v) is 7.50. The van der Waals surface area contributed by atoms with E-state index in [1.165, 1.54) is 0 Å². The second-order valence-electron chi connectivity index (χ2n) is 8.36. The molecule has 4 rings (SSSR count). The molecule has 0 amide bonds. The molecule has 4 aliphatic rings. The monoisotopic (exact) mass is 318 g/mol. The third-order valence-electron chi connectivity index (χ3n) is 7.50. The Kier molecular flexibility index (Phi) is 3.67. The van der Waals surface area contributed by atoms with Gasteiger partial charge in [0.05, 0.1) is 0 Å². The molecular weight excluding hydrogens is 292 g/mol. The van der Waals surface area contributed by atoms with Crippen LogP contribution in [0.15, 0.2) is 11.6 Å². The van der Waals surface area contributed by atoms with Gasteiger partial charge in [0.2, 0.25) is 0 Å². The Balaban J connectivity index is 0.00000156. The van der Waals surface area contributed by atoms with Crippen molar-refractivity contribution < 1.29 is 19.9 Å². The summed E-state index contributed by atoms with van der Waals surface area (Å²) in [5.41, 5.74) is 0.461. The van der Waals surface area contributed by atoms with Crippen LogP contribution in [0.4, 0.5) is 0 Å². The van der Waals surface area contributed by atoms with Crippen LogP contribution in [0.5, 0.6) is 0 Å². The molecule has 3 saturated carbocycles. The standard InChI is InChI=1S/C19H24O3.H2O/c1-18-7-5-11(20)9-15(18)16(21)10-12-13-3-4-17(22)19(13,2)8-6-14(12)18;/h9,12-14H,3-8,10H2,1-2H3;1H2/t12-,13-,14-,18+,19-;/m0./s1. The molecule has 0 unspecified atom stereocenters. The maximum atomic E-state index is 12.7. The number of rotatable bonds is 0. The Morgan fingerprint density at radius 2 is 1.65 bits per heavy atom. The summed E-state index contributed by atoms with van der Waals surface area (Å²) in [6.45, 7) is 4.32. The summed E-state index contributed by atoms with van der Waals surface area (Å²) in [5, 5.41) is 0. The summed E-state index contributed by atoms with van der Waals surface area (Å²) < 4.78 is 0. The molecule has 0 bridgehead atoms. The van der Waals surface area contributed by atoms with E-state index < -0.39 is 0 Å². The minimum absolute atomic E-state index is 0. The van der Waals surface area contributed by atoms with Crippen molar-refractivity contribution in [3.63, 3.8) is 0 Å². The third kappa shape index (κ3) is 2.03. The lowest BCUT2D eigenvalue weighted by Crippen LogP contribution is -2.53. The zero-order valence-corrected chi connectivity index (χ0v) is 14.0. The largest absolute Gasteiger partial charge is 0.412 e. The molecule has 0 aromatic heterocycles. The first-order valence-electron chi connectivity index (χ1n) is 8.68. The Labute approximate surface area is 137 Å². The summed E-state index contributed by atoms with van der Waals surface area (Å²) in [7, 11) is 0. The van der Waals surface area contributed by atoms with E-state index in [0.29, 0.717) is 42.8 Å². The normalized spacial score (nSPS) is 45.6. The molecule has 23 heavy (non-hydrogen) atoms. The van der Waals surface area contributed by atoms with Crippen molar-refractivity contribution >= 4 is 17.3 Å². The summed E-state index contributed by atoms with van der Waals surface area (Å²) >= 11 is 0. The molecule has 126 valence electrons. The molecule has 0 aromatic rings. The number of fused-ring (bicyclic) bond motifs is 5. The molecule has 4 aliphatic carbocycles. The fraction of sp³-hybridized carbons (Fsp3) is 0.737. The predicted molar refractivity (Wildman–Crippen MR) is 85.7 cm³/mol. The highest BCUT2D eigenvalue weighted by Gasteiger charge is 2.60. The number of allylic oxidation sites excluding steroid dienone is 1. The van der Waals surface area contributed by atoms with Gasteiger partial charge in [-0.3, -0.25) is 14.4 Å². The maximum absolute atomic E-state index is 12.7. The minimum atomic E-state index is -0.191. The second kappa shape index (κ2) is 5.10. The zero-order chi connectivity index (χ0) is 15.7. The van der Waals surface area contributed by atoms with Gasteiger partial charge in [0.15, 0.2) is 11.6 Å². The van der Waals surface area contributed by atoms with E-state index >= 15 is 0 Å². The van der Waals surface area contributed by atoms with Crippen molar-refractivity contribution in [2.45, 2.75) is 58.8 Å². The summed E-state index contributed by atoms with van der Waals surface area (Å²) in [6.07, 6.45) is 7.19. The van der Waals surface area contributed by atoms with Gasteiger partial charge < -0.3 is 5.48 Å². The number of hydrogen-bond donors (Lipinski definition) is 0. The minimum Gasteiger partial charge on any atom is -0.412 e. The lowest BCUT2D eigenvalue weighted by Gasteiger charge is -2.56. The van der Waals surface area contributed by atoms with E-state index in [9.17, 15) is 14.4 Å². The topological polar surface area (TPSA) is 82.7 Å². The molecular formula is C19H26O4. The van der Waals surface area contributed by atoms with Crippen LogP contribution in [0.25, 0.3) is 0 Å². The van der Waals surface area contributed by atoms with Gasteiger partial charge in [-0.1, -0.05) is 13.8 Å². The average Bonchev–Trinajstić information content (AvgIpc) is 2.77. The molecule has 0 heterocycles. The van der Waals surface area contributed by atoms with Crippen molar-refractivity contribution in [1.29, 1.82) is 0 Å². The quantitative estimate of drug-likeness (QED) is 0.687. The van der Waals surface area contributed by atoms with Gasteiger partial charge in [0.1, 0.15) is 5.78 Å². The Bertz CT molecular complexity index is 619. The first-order chi connectivity index (χ1) is 10.4. The lowest BCUT2D eigenvalue weighted by molar-refractivity contribution is -0.138. The molecule has 0 spiro atoms. The van der Waals surface area contributed by atoms with Crippen LogP contribution in [-0.2, 0) is 14.4 Å². The molecule has 3 fully saturated rings. The van der Waals surface area contributed by atoms with E-state index in [4.69, 9.17) is 0 Å². The average molecular weight is 318 g/mol. The van der Waals surface area contributed by atoms with Gasteiger partial charge in [0.25, 0.3) is 0 Å². The lowest BCUT2D eigenvalue weighted by atomic mass is 9.47. The van der Waals surface area contributed by atoms with E-state index in [0.717, 1.165) is 31.3 Å². The maximum Gasteiger partial charge on any atom is 0.159 e. The predicted octanol–water partition coefficient (Wildman–Crippen LogP) is 2.44. The van der Waals surface area contributed by atoms with Gasteiger partial charge in [-0.05, 0) is 54.9 Å². The fourth-order valence-corrected chi connectivity index (χ4v) is 6.16. The van der Waals surface area contributed by atoms with Crippen molar-refractivity contribution in [3.05, 3.63) is 11.6 Å². The Morgan fingerprint density at radius 3 is 2.39 bits per heavy atom. The molecule has 0 aliphatic heterocycles. The number of Topliss-reactive ketones (excluding diaryl/α,β-unsaturated/α-hetero) is 2. The van der Waals surface area contributed by atoms with Gasteiger partial charge in [-0.15, -0.1) is 0 Å². The zero-order valence-electron chi connectivity index (χ0n) is 14.0. The first kappa shape index (κ1) is 16.6. The van der Waals surface area contributed by atoms with E-state index in [-0.39, 0.29) is 27.9 Å². The Morgan fingerprint density at radius 1 is 0.957 bits per heavy atom. The molecule has 5 atom stereocenters. The SMILES string of the molecule is C[C@]12CCC(=O)C=C1C(=O)C[C@@H]1[C@@H]2CC[C@]2(C)C(=O)CC[C@@H]12.O. The molecule has 4 heteroatoms. The van der Waals surface area contributed by atoms with Crippen molar-refractivity contribution in [3.8, 4) is 0 Å². The van der Waals surface area contributed by atoms with Crippen LogP contribution in [0.1, 0.15) is 58.8 Å². The molecule has 0 saturated heterocycles. The van der Waals surface area contributed by atoms with Gasteiger partial charge in [-0.25, -0.2) is 0 Å². The van der Waals surface area contributed by atoms with Crippen LogP contribution >= 0.6 is 0 Å². The van der Waals surface area contributed by atoms with Gasteiger partial charge in [-0.2, -0.15) is 0 Å². The van der Waals surface area contributed by atoms with E-state index in [1.54, 1.807) is 6.08 Å². The number of carbonyl (C=O) groups excluding carboxylic acids is 3. The van der Waals surface area contributed by atoms with Crippen molar-refractivity contribution in [2.75, 3.05) is 0 Å². The first-order valence-corrected chi connectivity index (χ1v) is 8.68. The summed E-state index contributed by atoms with van der Waals surface area (Å²) in [5.74, 6) is 1.87. The highest BCUT2D eigenvalue weighted by Crippen LogP contribution is 2.63. The van der Waals surface area contributed by atoms with Crippen molar-refractivity contribution in [1.82, 2.24) is 0 Å². The van der Waals surface area contributed by atoms with Crippen molar-refractivity contribution in [2.24, 2.45) is 28.6 Å². The van der Waals surface area contributed by atoms with Crippen LogP contribution in [0.3, 0.4) is 0 Å².